The van der Waals surface area contributed by atoms with E-state index in [2.05, 4.69) is 4.99 Å². The fourth-order valence-corrected chi connectivity index (χ4v) is 3.99. The number of benzene rings is 3. The molecule has 184 valence electrons. The van der Waals surface area contributed by atoms with Gasteiger partial charge >= 0.3 is 5.97 Å². The van der Waals surface area contributed by atoms with Crippen LogP contribution in [0.1, 0.15) is 23.6 Å². The Balaban J connectivity index is 1.57. The van der Waals surface area contributed by atoms with E-state index in [1.165, 1.54) is 24.3 Å². The minimum atomic E-state index is -0.698. The fourth-order valence-electron chi connectivity index (χ4n) is 3.46. The second-order valence-corrected chi connectivity index (χ2v) is 8.42. The van der Waals surface area contributed by atoms with Crippen molar-refractivity contribution in [2.75, 3.05) is 13.2 Å². The minimum Gasteiger partial charge on any atom is -0.490 e. The van der Waals surface area contributed by atoms with Crippen molar-refractivity contribution in [1.29, 1.82) is 0 Å². The van der Waals surface area contributed by atoms with Gasteiger partial charge in [0.25, 0.3) is 5.69 Å². The molecule has 0 aromatic heterocycles. The summed E-state index contributed by atoms with van der Waals surface area (Å²) in [6.45, 7) is 2.63. The molecule has 0 fully saturated rings. The van der Waals surface area contributed by atoms with Gasteiger partial charge in [0.1, 0.15) is 0 Å². The van der Waals surface area contributed by atoms with E-state index >= 15 is 0 Å². The molecule has 0 saturated carbocycles. The second kappa shape index (κ2) is 11.2. The largest absolute Gasteiger partial charge is 0.490 e. The number of rotatable bonds is 9. The number of non-ortho nitro benzene ring substituents is 1. The van der Waals surface area contributed by atoms with Gasteiger partial charge in [0, 0.05) is 18.6 Å². The summed E-state index contributed by atoms with van der Waals surface area (Å²) in [5.74, 6) is 0.0890. The van der Waals surface area contributed by atoms with Crippen LogP contribution in [0, 0.1) is 10.1 Å². The average molecular weight is 527 g/mol. The number of aliphatic imine (C=N–C) groups is 1. The molecule has 1 aliphatic rings. The Morgan fingerprint density at radius 2 is 1.83 bits per heavy atom. The summed E-state index contributed by atoms with van der Waals surface area (Å²) >= 11 is 12.6. The summed E-state index contributed by atoms with van der Waals surface area (Å²) in [6.07, 6.45) is 2.19. The van der Waals surface area contributed by atoms with Gasteiger partial charge in [-0.15, -0.1) is 0 Å². The second-order valence-electron chi connectivity index (χ2n) is 7.60. The number of hydrogen-bond acceptors (Lipinski definition) is 7. The van der Waals surface area contributed by atoms with Gasteiger partial charge in [0.05, 0.1) is 33.7 Å². The van der Waals surface area contributed by atoms with Crippen LogP contribution in [0.3, 0.4) is 0 Å². The van der Waals surface area contributed by atoms with Crippen LogP contribution < -0.4 is 9.47 Å². The topological polar surface area (TPSA) is 100 Å². The van der Waals surface area contributed by atoms with Crippen molar-refractivity contribution >= 4 is 46.8 Å². The van der Waals surface area contributed by atoms with Crippen molar-refractivity contribution in [3.8, 4) is 11.5 Å². The van der Waals surface area contributed by atoms with E-state index in [0.29, 0.717) is 41.7 Å². The van der Waals surface area contributed by atoms with Crippen LogP contribution in [0.25, 0.3) is 6.08 Å². The molecule has 36 heavy (non-hydrogen) atoms. The average Bonchev–Trinajstić information content (AvgIpc) is 3.21. The summed E-state index contributed by atoms with van der Waals surface area (Å²) in [5, 5.41) is 11.3. The van der Waals surface area contributed by atoms with Crippen LogP contribution in [0.2, 0.25) is 10.0 Å². The summed E-state index contributed by atoms with van der Waals surface area (Å²) in [6, 6.07) is 17.0. The molecular weight excluding hydrogens is 507 g/mol. The number of nitro groups is 1. The molecule has 0 spiro atoms. The number of halogens is 2. The lowest BCUT2D eigenvalue weighted by Gasteiger charge is -2.14. The normalized spacial score (nSPS) is 13.9. The van der Waals surface area contributed by atoms with Gasteiger partial charge < -0.3 is 14.2 Å². The smallest absolute Gasteiger partial charge is 0.363 e. The Hall–Kier alpha value is -3.88. The molecule has 8 nitrogen and oxygen atoms in total. The number of carbonyl (C=O) groups excluding carboxylic acids is 1. The predicted molar refractivity (Wildman–Crippen MR) is 137 cm³/mol. The van der Waals surface area contributed by atoms with Crippen molar-refractivity contribution in [3.05, 3.63) is 103 Å². The lowest BCUT2D eigenvalue weighted by atomic mass is 10.1. The SMILES string of the molecule is CCOc1cc(/C=C2\N=C(c3ccc([N+](=O)[O-])cc3Cl)OC2=O)cc(Cl)c1OCCc1ccccc1. The molecule has 3 aromatic carbocycles. The molecule has 0 amide bonds. The van der Waals surface area contributed by atoms with E-state index in [4.69, 9.17) is 37.4 Å². The van der Waals surface area contributed by atoms with E-state index in [1.54, 1.807) is 12.1 Å². The zero-order valence-electron chi connectivity index (χ0n) is 19.1. The van der Waals surface area contributed by atoms with Crippen LogP contribution in [0.5, 0.6) is 11.5 Å². The molecule has 0 radical (unpaired) electrons. The molecule has 10 heteroatoms. The van der Waals surface area contributed by atoms with Crippen LogP contribution in [0.15, 0.2) is 71.4 Å². The van der Waals surface area contributed by atoms with Gasteiger partial charge in [-0.25, -0.2) is 9.79 Å². The Kier molecular flexibility index (Phi) is 7.87. The fraction of sp³-hybridized carbons (Fsp3) is 0.154. The predicted octanol–water partition coefficient (Wildman–Crippen LogP) is 6.27. The molecule has 0 unspecified atom stereocenters. The summed E-state index contributed by atoms with van der Waals surface area (Å²) in [5.41, 5.74) is 1.76. The van der Waals surface area contributed by atoms with Crippen molar-refractivity contribution in [1.82, 2.24) is 0 Å². The Morgan fingerprint density at radius 1 is 1.06 bits per heavy atom. The number of hydrogen-bond donors (Lipinski definition) is 0. The minimum absolute atomic E-state index is 0.00989. The summed E-state index contributed by atoms with van der Waals surface area (Å²) in [4.78, 5) is 27.0. The van der Waals surface area contributed by atoms with Gasteiger partial charge in [-0.3, -0.25) is 10.1 Å². The van der Waals surface area contributed by atoms with Gasteiger partial charge in [0.15, 0.2) is 17.2 Å². The van der Waals surface area contributed by atoms with E-state index in [1.807, 2.05) is 37.3 Å². The monoisotopic (exact) mass is 526 g/mol. The van der Waals surface area contributed by atoms with E-state index in [-0.39, 0.29) is 27.9 Å². The number of nitro benzene ring substituents is 1. The molecule has 4 rings (SSSR count). The highest BCUT2D eigenvalue weighted by Gasteiger charge is 2.27. The van der Waals surface area contributed by atoms with Crippen LogP contribution in [-0.4, -0.2) is 30.0 Å². The van der Waals surface area contributed by atoms with Crippen LogP contribution in [-0.2, 0) is 16.0 Å². The molecule has 1 aliphatic heterocycles. The Bertz CT molecular complexity index is 1370. The van der Waals surface area contributed by atoms with Crippen molar-refractivity contribution < 1.29 is 23.9 Å². The summed E-state index contributed by atoms with van der Waals surface area (Å²) < 4.78 is 16.9. The lowest BCUT2D eigenvalue weighted by Crippen LogP contribution is -2.06. The number of carbonyl (C=O) groups is 1. The third-order valence-corrected chi connectivity index (χ3v) is 5.72. The molecular formula is C26H20Cl2N2O6. The first kappa shape index (κ1) is 25.2. The highest BCUT2D eigenvalue weighted by Crippen LogP contribution is 2.38. The van der Waals surface area contributed by atoms with Gasteiger partial charge in [-0.2, -0.15) is 0 Å². The van der Waals surface area contributed by atoms with Crippen molar-refractivity contribution in [2.24, 2.45) is 4.99 Å². The number of cyclic esters (lactones) is 1. The first-order valence-corrected chi connectivity index (χ1v) is 11.7. The third-order valence-electron chi connectivity index (χ3n) is 5.13. The lowest BCUT2D eigenvalue weighted by molar-refractivity contribution is -0.384. The highest BCUT2D eigenvalue weighted by molar-refractivity contribution is 6.35. The highest BCUT2D eigenvalue weighted by atomic mass is 35.5. The standard InChI is InChI=1S/C26H20Cl2N2O6/c1-2-34-23-14-17(12-21(28)24(23)35-11-10-16-6-4-3-5-7-16)13-22-26(31)36-25(29-22)19-9-8-18(30(32)33)15-20(19)27/h3-9,12-15H,2,10-11H2,1H3/b22-13-. The first-order valence-electron chi connectivity index (χ1n) is 11.0. The molecule has 0 bridgehead atoms. The molecule has 0 atom stereocenters. The van der Waals surface area contributed by atoms with Crippen LogP contribution >= 0.6 is 23.2 Å². The van der Waals surface area contributed by atoms with E-state index < -0.39 is 10.9 Å². The number of ether oxygens (including phenoxy) is 3. The van der Waals surface area contributed by atoms with Gasteiger partial charge in [0.2, 0.25) is 5.90 Å². The summed E-state index contributed by atoms with van der Waals surface area (Å²) in [7, 11) is 0. The van der Waals surface area contributed by atoms with Crippen molar-refractivity contribution in [3.63, 3.8) is 0 Å². The Morgan fingerprint density at radius 3 is 2.53 bits per heavy atom. The molecule has 0 aliphatic carbocycles. The zero-order chi connectivity index (χ0) is 25.7. The number of nitrogens with zero attached hydrogens (tertiary/aromatic N) is 2. The zero-order valence-corrected chi connectivity index (χ0v) is 20.6. The van der Waals surface area contributed by atoms with Crippen LogP contribution in [0.4, 0.5) is 5.69 Å². The first-order chi connectivity index (χ1) is 17.4. The molecule has 3 aromatic rings. The maximum absolute atomic E-state index is 12.4. The maximum Gasteiger partial charge on any atom is 0.363 e. The maximum atomic E-state index is 12.4. The molecule has 0 N–H and O–H groups in total. The number of esters is 1. The molecule has 0 saturated heterocycles. The van der Waals surface area contributed by atoms with Crippen molar-refractivity contribution in [2.45, 2.75) is 13.3 Å². The van der Waals surface area contributed by atoms with E-state index in [0.717, 1.165) is 5.56 Å². The molecule has 1 heterocycles. The van der Waals surface area contributed by atoms with E-state index in [9.17, 15) is 14.9 Å². The van der Waals surface area contributed by atoms with Gasteiger partial charge in [-0.05, 0) is 42.3 Å². The van der Waals surface area contributed by atoms with Gasteiger partial charge in [-0.1, -0.05) is 53.5 Å². The quantitative estimate of drug-likeness (QED) is 0.141. The third kappa shape index (κ3) is 5.84. The Labute approximate surface area is 216 Å².